The van der Waals surface area contributed by atoms with Crippen LogP contribution in [0.3, 0.4) is 0 Å². The van der Waals surface area contributed by atoms with Crippen LogP contribution in [0.5, 0.6) is 0 Å². The average Bonchev–Trinajstić information content (AvgIpc) is 3.08. The summed E-state index contributed by atoms with van der Waals surface area (Å²) < 4.78 is 0. The fourth-order valence-electron chi connectivity index (χ4n) is 2.82. The van der Waals surface area contributed by atoms with Gasteiger partial charge >= 0.3 is 0 Å². The van der Waals surface area contributed by atoms with E-state index in [0.717, 1.165) is 0 Å². The summed E-state index contributed by atoms with van der Waals surface area (Å²) in [4.78, 5) is 15.0. The highest BCUT2D eigenvalue weighted by molar-refractivity contribution is 7.10. The van der Waals surface area contributed by atoms with Crippen molar-refractivity contribution < 1.29 is 4.79 Å². The first-order valence-corrected chi connectivity index (χ1v) is 8.31. The molecule has 2 nitrogen and oxygen atoms in total. The molecule has 0 radical (unpaired) electrons. The highest BCUT2D eigenvalue weighted by Gasteiger charge is 2.40. The Hall–Kier alpha value is -0.970. The molecule has 4 atom stereocenters. The highest BCUT2D eigenvalue weighted by atomic mass is 32.1. The van der Waals surface area contributed by atoms with Crippen molar-refractivity contribution in [3.63, 3.8) is 0 Å². The predicted octanol–water partition coefficient (Wildman–Crippen LogP) is 4.04. The van der Waals surface area contributed by atoms with Gasteiger partial charge in [-0.3, -0.25) is 4.79 Å². The zero-order valence-corrected chi connectivity index (χ0v) is 12.6. The molecule has 0 amide bonds. The third-order valence-electron chi connectivity index (χ3n) is 3.96. The molecule has 0 unspecified atom stereocenters. The molecule has 0 aliphatic carbocycles. The van der Waals surface area contributed by atoms with Gasteiger partial charge in [-0.1, -0.05) is 26.0 Å². The van der Waals surface area contributed by atoms with Crippen LogP contribution in [-0.2, 0) is 4.79 Å². The van der Waals surface area contributed by atoms with E-state index in [4.69, 9.17) is 0 Å². The lowest BCUT2D eigenvalue weighted by atomic mass is 9.79. The largest absolute Gasteiger partial charge is 0.300 e. The molecule has 3 heterocycles. The summed E-state index contributed by atoms with van der Waals surface area (Å²) in [6.07, 6.45) is 0. The number of hydrogen-bond acceptors (Lipinski definition) is 4. The maximum Gasteiger partial charge on any atom is 0.142 e. The third-order valence-corrected chi connectivity index (χ3v) is 5.87. The molecule has 4 heteroatoms. The van der Waals surface area contributed by atoms with Gasteiger partial charge in [0, 0.05) is 21.6 Å². The Balaban J connectivity index is 1.93. The number of piperidine rings is 1. The van der Waals surface area contributed by atoms with Crippen LogP contribution in [0.1, 0.15) is 35.7 Å². The summed E-state index contributed by atoms with van der Waals surface area (Å²) in [5.41, 5.74) is 0. The molecule has 2 aromatic heterocycles. The van der Waals surface area contributed by atoms with Crippen molar-refractivity contribution >= 4 is 28.5 Å². The summed E-state index contributed by atoms with van der Waals surface area (Å²) in [5.74, 6) is 0.463. The first kappa shape index (κ1) is 13.0. The number of Topliss-reactive ketones (excluding diaryl/α,β-unsaturated/α-hetero) is 1. The molecule has 1 saturated heterocycles. The Bertz CT molecular complexity index is 498. The van der Waals surface area contributed by atoms with Crippen LogP contribution < -0.4 is 5.32 Å². The summed E-state index contributed by atoms with van der Waals surface area (Å²) in [6.45, 7) is 4.09. The van der Waals surface area contributed by atoms with Gasteiger partial charge in [-0.2, -0.15) is 0 Å². The second kappa shape index (κ2) is 5.19. The maximum atomic E-state index is 12.5. The van der Waals surface area contributed by atoms with Gasteiger partial charge in [0.25, 0.3) is 0 Å². The molecule has 2 aromatic rings. The lowest BCUT2D eigenvalue weighted by Gasteiger charge is -2.38. The number of ketones is 1. The van der Waals surface area contributed by atoms with Crippen LogP contribution in [0.25, 0.3) is 0 Å². The Kier molecular flexibility index (Phi) is 3.56. The van der Waals surface area contributed by atoms with Gasteiger partial charge in [0.1, 0.15) is 5.78 Å². The first-order valence-electron chi connectivity index (χ1n) is 6.55. The van der Waals surface area contributed by atoms with Crippen molar-refractivity contribution in [2.75, 3.05) is 0 Å². The number of hydrogen-bond donors (Lipinski definition) is 1. The second-order valence-corrected chi connectivity index (χ2v) is 7.09. The van der Waals surface area contributed by atoms with Gasteiger partial charge in [0.2, 0.25) is 0 Å². The molecule has 1 aliphatic rings. The van der Waals surface area contributed by atoms with E-state index in [-0.39, 0.29) is 23.9 Å². The fourth-order valence-corrected chi connectivity index (χ4v) is 4.60. The van der Waals surface area contributed by atoms with Crippen LogP contribution >= 0.6 is 22.7 Å². The number of rotatable bonds is 2. The molecule has 0 saturated carbocycles. The number of nitrogens with one attached hydrogen (secondary N) is 1. The van der Waals surface area contributed by atoms with Gasteiger partial charge in [-0.25, -0.2) is 0 Å². The van der Waals surface area contributed by atoms with E-state index in [1.54, 1.807) is 22.7 Å². The zero-order chi connectivity index (χ0) is 13.4. The van der Waals surface area contributed by atoms with Crippen molar-refractivity contribution in [3.05, 3.63) is 44.8 Å². The highest BCUT2D eigenvalue weighted by Crippen LogP contribution is 2.40. The molecule has 1 N–H and O–H groups in total. The Labute approximate surface area is 121 Å². The Morgan fingerprint density at radius 1 is 0.947 bits per heavy atom. The van der Waals surface area contributed by atoms with Crippen LogP contribution in [0.2, 0.25) is 0 Å². The smallest absolute Gasteiger partial charge is 0.142 e. The van der Waals surface area contributed by atoms with Gasteiger partial charge in [0.05, 0.1) is 12.1 Å². The standard InChI is InChI=1S/C15H17NOS2/c1-9-13(11-5-3-7-18-11)16-14(10(2)15(9)17)12-6-4-8-19-12/h3-10,13-14,16H,1-2H3/t9-,10+,13-,14-/m1/s1. The van der Waals surface area contributed by atoms with Crippen LogP contribution in [0.15, 0.2) is 35.0 Å². The summed E-state index contributed by atoms with van der Waals surface area (Å²) in [5, 5.41) is 7.84. The first-order chi connectivity index (χ1) is 9.18. The van der Waals surface area contributed by atoms with E-state index in [1.807, 2.05) is 13.8 Å². The van der Waals surface area contributed by atoms with Gasteiger partial charge in [0.15, 0.2) is 0 Å². The number of thiophene rings is 2. The summed E-state index contributed by atoms with van der Waals surface area (Å²) in [6, 6.07) is 8.64. The van der Waals surface area contributed by atoms with E-state index in [9.17, 15) is 4.79 Å². The van der Waals surface area contributed by atoms with E-state index in [2.05, 4.69) is 40.3 Å². The Morgan fingerprint density at radius 2 is 1.42 bits per heavy atom. The van der Waals surface area contributed by atoms with E-state index >= 15 is 0 Å². The number of carbonyl (C=O) groups excluding carboxylic acids is 1. The second-order valence-electron chi connectivity index (χ2n) is 5.13. The fraction of sp³-hybridized carbons (Fsp3) is 0.400. The lowest BCUT2D eigenvalue weighted by Crippen LogP contribution is -2.45. The molecule has 100 valence electrons. The minimum absolute atomic E-state index is 0.0462. The quantitative estimate of drug-likeness (QED) is 0.905. The van der Waals surface area contributed by atoms with Gasteiger partial charge in [-0.05, 0) is 22.9 Å². The molecule has 0 bridgehead atoms. The molecule has 1 aliphatic heterocycles. The van der Waals surface area contributed by atoms with Gasteiger partial charge in [-0.15, -0.1) is 22.7 Å². The van der Waals surface area contributed by atoms with Crippen LogP contribution in [0.4, 0.5) is 0 Å². The molecule has 1 fully saturated rings. The minimum atomic E-state index is 0.0462. The van der Waals surface area contributed by atoms with Crippen molar-refractivity contribution in [1.82, 2.24) is 5.32 Å². The maximum absolute atomic E-state index is 12.5. The van der Waals surface area contributed by atoms with E-state index in [0.29, 0.717) is 5.78 Å². The molecule has 19 heavy (non-hydrogen) atoms. The third kappa shape index (κ3) is 2.29. The molecule has 0 aromatic carbocycles. The van der Waals surface area contributed by atoms with Crippen molar-refractivity contribution in [2.45, 2.75) is 25.9 Å². The predicted molar refractivity (Wildman–Crippen MR) is 80.6 cm³/mol. The summed E-state index contributed by atoms with van der Waals surface area (Å²) in [7, 11) is 0. The number of carbonyl (C=O) groups is 1. The van der Waals surface area contributed by atoms with Crippen LogP contribution in [0, 0.1) is 11.8 Å². The van der Waals surface area contributed by atoms with Crippen molar-refractivity contribution in [1.29, 1.82) is 0 Å². The van der Waals surface area contributed by atoms with Crippen molar-refractivity contribution in [3.8, 4) is 0 Å². The molecular weight excluding hydrogens is 274 g/mol. The topological polar surface area (TPSA) is 29.1 Å². The average molecular weight is 291 g/mol. The SMILES string of the molecule is C[C@@H]1C(=O)[C@H](C)[C@H](c2cccs2)N[C@H]1c1cccs1. The molecular formula is C15H17NOS2. The lowest BCUT2D eigenvalue weighted by molar-refractivity contribution is -0.130. The van der Waals surface area contributed by atoms with Gasteiger partial charge < -0.3 is 5.32 Å². The van der Waals surface area contributed by atoms with E-state index in [1.165, 1.54) is 9.75 Å². The normalized spacial score (nSPS) is 31.6. The molecule has 0 spiro atoms. The van der Waals surface area contributed by atoms with Crippen LogP contribution in [-0.4, -0.2) is 5.78 Å². The Morgan fingerprint density at radius 3 is 1.79 bits per heavy atom. The zero-order valence-electron chi connectivity index (χ0n) is 11.0. The monoisotopic (exact) mass is 291 g/mol. The molecule has 3 rings (SSSR count). The van der Waals surface area contributed by atoms with Crippen molar-refractivity contribution in [2.24, 2.45) is 11.8 Å². The van der Waals surface area contributed by atoms with E-state index < -0.39 is 0 Å². The minimum Gasteiger partial charge on any atom is -0.300 e. The summed E-state index contributed by atoms with van der Waals surface area (Å²) >= 11 is 3.45.